The summed E-state index contributed by atoms with van der Waals surface area (Å²) in [5.41, 5.74) is 0. The van der Waals surface area contributed by atoms with Crippen molar-refractivity contribution in [2.24, 2.45) is 5.92 Å². The van der Waals surface area contributed by atoms with Crippen molar-refractivity contribution in [2.45, 2.75) is 18.9 Å². The second-order valence-electron chi connectivity index (χ2n) is 3.61. The highest BCUT2D eigenvalue weighted by atomic mass is 15.2. The normalized spacial score (nSPS) is 41.7. The fourth-order valence-corrected chi connectivity index (χ4v) is 2.30. The third-order valence-corrected chi connectivity index (χ3v) is 2.96. The maximum Gasteiger partial charge on any atom is 0.0257 e. The van der Waals surface area contributed by atoms with Crippen LogP contribution >= 0.6 is 0 Å². The minimum atomic E-state index is 0.855. The highest BCUT2D eigenvalue weighted by Gasteiger charge is 2.32. The molecule has 0 aromatic rings. The van der Waals surface area contributed by atoms with E-state index in [1.165, 1.54) is 32.5 Å². The number of nitrogens with zero attached hydrogens (tertiary/aromatic N) is 1. The second kappa shape index (κ2) is 2.51. The lowest BCUT2D eigenvalue weighted by molar-refractivity contribution is 0.158. The maximum absolute atomic E-state index is 3.45. The first-order chi connectivity index (χ1) is 4.88. The third kappa shape index (κ3) is 0.956. The second-order valence-corrected chi connectivity index (χ2v) is 3.61. The molecule has 2 fully saturated rings. The number of likely N-dealkylation sites (N-methyl/N-ethyl adjacent to an activating group) is 1. The van der Waals surface area contributed by atoms with Crippen LogP contribution in [0.2, 0.25) is 0 Å². The highest BCUT2D eigenvalue weighted by Crippen LogP contribution is 2.24. The molecule has 2 saturated heterocycles. The van der Waals surface area contributed by atoms with Gasteiger partial charge in [-0.3, -0.25) is 0 Å². The zero-order valence-corrected chi connectivity index (χ0v) is 6.64. The van der Waals surface area contributed by atoms with E-state index < -0.39 is 0 Å². The van der Waals surface area contributed by atoms with Crippen molar-refractivity contribution in [1.29, 1.82) is 0 Å². The standard InChI is InChI=1S/C8H16N2/c1-10-4-2-3-7-5-9-6-8(7)10/h7-9H,2-6H2,1H3/t7-,8-/m0/s1. The number of fused-ring (bicyclic) bond motifs is 1. The Balaban J connectivity index is 2.03. The van der Waals surface area contributed by atoms with Gasteiger partial charge in [-0.05, 0) is 38.9 Å². The Morgan fingerprint density at radius 2 is 2.30 bits per heavy atom. The van der Waals surface area contributed by atoms with Crippen LogP contribution in [0.15, 0.2) is 0 Å². The van der Waals surface area contributed by atoms with E-state index >= 15 is 0 Å². The van der Waals surface area contributed by atoms with Gasteiger partial charge < -0.3 is 10.2 Å². The smallest absolute Gasteiger partial charge is 0.0257 e. The van der Waals surface area contributed by atoms with E-state index in [2.05, 4.69) is 17.3 Å². The molecule has 2 atom stereocenters. The molecule has 0 aromatic heterocycles. The summed E-state index contributed by atoms with van der Waals surface area (Å²) in [4.78, 5) is 2.51. The molecule has 2 rings (SSSR count). The summed E-state index contributed by atoms with van der Waals surface area (Å²) in [5.74, 6) is 0.957. The first-order valence-electron chi connectivity index (χ1n) is 4.29. The molecule has 0 bridgehead atoms. The lowest BCUT2D eigenvalue weighted by Crippen LogP contribution is -2.42. The summed E-state index contributed by atoms with van der Waals surface area (Å²) >= 11 is 0. The van der Waals surface area contributed by atoms with Crippen molar-refractivity contribution in [3.05, 3.63) is 0 Å². The molecular formula is C8H16N2. The molecule has 0 radical (unpaired) electrons. The molecule has 1 N–H and O–H groups in total. The van der Waals surface area contributed by atoms with Gasteiger partial charge in [0.25, 0.3) is 0 Å². The molecule has 2 heterocycles. The molecule has 10 heavy (non-hydrogen) atoms. The Morgan fingerprint density at radius 3 is 3.10 bits per heavy atom. The van der Waals surface area contributed by atoms with Crippen LogP contribution in [0.3, 0.4) is 0 Å². The topological polar surface area (TPSA) is 15.3 Å². The van der Waals surface area contributed by atoms with Crippen LogP contribution in [-0.2, 0) is 0 Å². The van der Waals surface area contributed by atoms with Gasteiger partial charge >= 0.3 is 0 Å². The van der Waals surface area contributed by atoms with Crippen LogP contribution in [0, 0.1) is 5.92 Å². The highest BCUT2D eigenvalue weighted by molar-refractivity contribution is 4.90. The maximum atomic E-state index is 3.45. The fraction of sp³-hybridized carbons (Fsp3) is 1.00. The lowest BCUT2D eigenvalue weighted by atomic mass is 9.93. The summed E-state index contributed by atoms with van der Waals surface area (Å²) in [6.45, 7) is 3.79. The molecule has 0 spiro atoms. The van der Waals surface area contributed by atoms with Gasteiger partial charge in [0.15, 0.2) is 0 Å². The first kappa shape index (κ1) is 6.62. The van der Waals surface area contributed by atoms with Gasteiger partial charge in [-0.2, -0.15) is 0 Å². The monoisotopic (exact) mass is 140 g/mol. The summed E-state index contributed by atoms with van der Waals surface area (Å²) in [6.07, 6.45) is 2.85. The van der Waals surface area contributed by atoms with Crippen molar-refractivity contribution in [3.63, 3.8) is 0 Å². The van der Waals surface area contributed by atoms with Crippen molar-refractivity contribution >= 4 is 0 Å². The molecule has 0 aromatic carbocycles. The summed E-state index contributed by atoms with van der Waals surface area (Å²) in [7, 11) is 2.25. The van der Waals surface area contributed by atoms with Crippen LogP contribution in [0.5, 0.6) is 0 Å². The van der Waals surface area contributed by atoms with Crippen LogP contribution in [0.25, 0.3) is 0 Å². The average Bonchev–Trinajstić information content (AvgIpc) is 2.36. The van der Waals surface area contributed by atoms with E-state index in [0.29, 0.717) is 0 Å². The fourth-order valence-electron chi connectivity index (χ4n) is 2.30. The SMILES string of the molecule is CN1CCC[C@H]2CNC[C@@H]21. The summed E-state index contributed by atoms with van der Waals surface area (Å²) < 4.78 is 0. The quantitative estimate of drug-likeness (QED) is 0.520. The number of hydrogen-bond donors (Lipinski definition) is 1. The largest absolute Gasteiger partial charge is 0.315 e. The van der Waals surface area contributed by atoms with Crippen molar-refractivity contribution in [2.75, 3.05) is 26.7 Å². The predicted molar refractivity (Wildman–Crippen MR) is 42.0 cm³/mol. The molecule has 2 aliphatic heterocycles. The first-order valence-corrected chi connectivity index (χ1v) is 4.29. The number of likely N-dealkylation sites (tertiary alicyclic amines) is 1. The number of rotatable bonds is 0. The van der Waals surface area contributed by atoms with Crippen molar-refractivity contribution < 1.29 is 0 Å². The van der Waals surface area contributed by atoms with Crippen LogP contribution < -0.4 is 5.32 Å². The molecule has 0 amide bonds. The Labute approximate surface area is 62.6 Å². The Kier molecular flexibility index (Phi) is 1.66. The lowest BCUT2D eigenvalue weighted by Gasteiger charge is -2.33. The van der Waals surface area contributed by atoms with Crippen LogP contribution in [0.4, 0.5) is 0 Å². The molecule has 2 aliphatic rings. The summed E-state index contributed by atoms with van der Waals surface area (Å²) in [6, 6.07) is 0.855. The minimum Gasteiger partial charge on any atom is -0.315 e. The van der Waals surface area contributed by atoms with E-state index in [0.717, 1.165) is 12.0 Å². The number of hydrogen-bond acceptors (Lipinski definition) is 2. The number of piperidine rings is 1. The van der Waals surface area contributed by atoms with Crippen molar-refractivity contribution in [3.8, 4) is 0 Å². The predicted octanol–water partition coefficient (Wildman–Crippen LogP) is 0.300. The third-order valence-electron chi connectivity index (χ3n) is 2.96. The zero-order valence-electron chi connectivity index (χ0n) is 6.64. The van der Waals surface area contributed by atoms with Gasteiger partial charge in [-0.1, -0.05) is 0 Å². The Morgan fingerprint density at radius 1 is 1.40 bits per heavy atom. The van der Waals surface area contributed by atoms with Gasteiger partial charge in [0.05, 0.1) is 0 Å². The molecule has 0 aliphatic carbocycles. The van der Waals surface area contributed by atoms with E-state index in [4.69, 9.17) is 0 Å². The van der Waals surface area contributed by atoms with E-state index in [9.17, 15) is 0 Å². The Hall–Kier alpha value is -0.0800. The van der Waals surface area contributed by atoms with E-state index in [-0.39, 0.29) is 0 Å². The van der Waals surface area contributed by atoms with Gasteiger partial charge in [0.1, 0.15) is 0 Å². The average molecular weight is 140 g/mol. The van der Waals surface area contributed by atoms with Crippen molar-refractivity contribution in [1.82, 2.24) is 10.2 Å². The summed E-state index contributed by atoms with van der Waals surface area (Å²) in [5, 5.41) is 3.45. The van der Waals surface area contributed by atoms with Gasteiger partial charge in [-0.25, -0.2) is 0 Å². The van der Waals surface area contributed by atoms with Gasteiger partial charge in [0, 0.05) is 12.6 Å². The van der Waals surface area contributed by atoms with E-state index in [1.807, 2.05) is 0 Å². The molecule has 0 unspecified atom stereocenters. The van der Waals surface area contributed by atoms with E-state index in [1.54, 1.807) is 0 Å². The van der Waals surface area contributed by atoms with Crippen LogP contribution in [0.1, 0.15) is 12.8 Å². The molecule has 0 saturated carbocycles. The molecule has 58 valence electrons. The molecule has 2 nitrogen and oxygen atoms in total. The Bertz CT molecular complexity index is 124. The van der Waals surface area contributed by atoms with Crippen LogP contribution in [-0.4, -0.2) is 37.6 Å². The minimum absolute atomic E-state index is 0.855. The zero-order chi connectivity index (χ0) is 6.97. The number of nitrogens with one attached hydrogen (secondary N) is 1. The van der Waals surface area contributed by atoms with Gasteiger partial charge in [-0.15, -0.1) is 0 Å². The molecular weight excluding hydrogens is 124 g/mol. The molecule has 2 heteroatoms. The van der Waals surface area contributed by atoms with Gasteiger partial charge in [0.2, 0.25) is 0 Å².